The minimum Gasteiger partial charge on any atom is -0.412 e. The maximum Gasteiger partial charge on any atom is 0.314 e. The van der Waals surface area contributed by atoms with Gasteiger partial charge in [-0.05, 0) is 18.2 Å². The van der Waals surface area contributed by atoms with Crippen molar-refractivity contribution in [1.29, 1.82) is 0 Å². The van der Waals surface area contributed by atoms with Gasteiger partial charge >= 0.3 is 6.43 Å². The average Bonchev–Trinajstić information content (AvgIpc) is 3.14. The van der Waals surface area contributed by atoms with Crippen LogP contribution in [0.2, 0.25) is 5.02 Å². The molecule has 1 N–H and O–H groups in total. The molecule has 0 amide bonds. The summed E-state index contributed by atoms with van der Waals surface area (Å²) in [4.78, 5) is 0. The first-order valence-electron chi connectivity index (χ1n) is 6.19. The number of hydrogen-bond donors (Lipinski definition) is 1. The monoisotopic (exact) mass is 326 g/mol. The topological polar surface area (TPSA) is 77.0 Å². The lowest BCUT2D eigenvalue weighted by Crippen LogP contribution is -1.98. The molecule has 3 aromatic rings. The third kappa shape index (κ3) is 3.22. The summed E-state index contributed by atoms with van der Waals surface area (Å²) in [6, 6.07) is 8.70. The van der Waals surface area contributed by atoms with Crippen LogP contribution in [0.15, 0.2) is 39.3 Å². The molecule has 3 rings (SSSR count). The molecular weight excluding hydrogens is 318 g/mol. The average molecular weight is 327 g/mol. The van der Waals surface area contributed by atoms with E-state index in [2.05, 4.69) is 20.7 Å². The van der Waals surface area contributed by atoms with E-state index in [0.29, 0.717) is 17.3 Å². The Labute approximate surface area is 128 Å². The van der Waals surface area contributed by atoms with Gasteiger partial charge in [-0.15, -0.1) is 10.2 Å². The molecule has 0 bridgehead atoms. The molecule has 6 nitrogen and oxygen atoms in total. The van der Waals surface area contributed by atoms with Crippen molar-refractivity contribution in [1.82, 2.24) is 15.4 Å². The molecule has 0 fully saturated rings. The standard InChI is InChI=1S/C13H9ClF2N4O2/c14-7-2-1-3-8(4-7)17-6-9-5-10(22-20-9)12-18-19-13(21-12)11(15)16/h1-5,11,17H,6H2. The number of nitrogens with one attached hydrogen (secondary N) is 1. The van der Waals surface area contributed by atoms with E-state index < -0.39 is 12.3 Å². The minimum absolute atomic E-state index is 0.127. The van der Waals surface area contributed by atoms with Crippen molar-refractivity contribution >= 4 is 17.3 Å². The van der Waals surface area contributed by atoms with Gasteiger partial charge in [-0.1, -0.05) is 22.8 Å². The third-order valence-corrected chi connectivity index (χ3v) is 2.93. The Balaban J connectivity index is 1.68. The number of nitrogens with zero attached hydrogens (tertiary/aromatic N) is 3. The van der Waals surface area contributed by atoms with Gasteiger partial charge in [-0.25, -0.2) is 0 Å². The third-order valence-electron chi connectivity index (χ3n) is 2.70. The highest BCUT2D eigenvalue weighted by atomic mass is 35.5. The SMILES string of the molecule is FC(F)c1nnc(-c2cc(CNc3cccc(Cl)c3)no2)o1. The molecule has 1 aromatic carbocycles. The van der Waals surface area contributed by atoms with Gasteiger partial charge in [0.2, 0.25) is 5.76 Å². The number of benzene rings is 1. The van der Waals surface area contributed by atoms with Gasteiger partial charge in [-0.2, -0.15) is 8.78 Å². The summed E-state index contributed by atoms with van der Waals surface area (Å²) in [5.41, 5.74) is 1.36. The molecule has 0 atom stereocenters. The van der Waals surface area contributed by atoms with Gasteiger partial charge in [0.25, 0.3) is 11.8 Å². The van der Waals surface area contributed by atoms with Crippen molar-refractivity contribution in [2.45, 2.75) is 13.0 Å². The Kier molecular flexibility index (Phi) is 4.01. The zero-order valence-corrected chi connectivity index (χ0v) is 11.7. The summed E-state index contributed by atoms with van der Waals surface area (Å²) >= 11 is 5.88. The van der Waals surface area contributed by atoms with Crippen molar-refractivity contribution in [2.75, 3.05) is 5.32 Å². The van der Waals surface area contributed by atoms with Crippen LogP contribution in [-0.2, 0) is 6.54 Å². The fraction of sp³-hybridized carbons (Fsp3) is 0.154. The van der Waals surface area contributed by atoms with Crippen LogP contribution in [-0.4, -0.2) is 15.4 Å². The lowest BCUT2D eigenvalue weighted by molar-refractivity contribution is 0.115. The lowest BCUT2D eigenvalue weighted by atomic mass is 10.3. The number of anilines is 1. The van der Waals surface area contributed by atoms with Gasteiger partial charge in [0.05, 0.1) is 6.54 Å². The number of alkyl halides is 2. The van der Waals surface area contributed by atoms with Crippen LogP contribution in [0.1, 0.15) is 18.0 Å². The van der Waals surface area contributed by atoms with Gasteiger partial charge in [0.1, 0.15) is 5.69 Å². The zero-order chi connectivity index (χ0) is 15.5. The maximum absolute atomic E-state index is 12.4. The second-order valence-electron chi connectivity index (χ2n) is 4.29. The first-order chi connectivity index (χ1) is 10.6. The lowest BCUT2D eigenvalue weighted by Gasteiger charge is -2.03. The molecule has 0 unspecified atom stereocenters. The molecular formula is C13H9ClF2N4O2. The Morgan fingerprint density at radius 2 is 2.09 bits per heavy atom. The molecule has 0 aliphatic rings. The van der Waals surface area contributed by atoms with Crippen molar-refractivity contribution in [2.24, 2.45) is 0 Å². The summed E-state index contributed by atoms with van der Waals surface area (Å²) in [5, 5.41) is 14.2. The van der Waals surface area contributed by atoms with E-state index in [4.69, 9.17) is 20.5 Å². The predicted octanol–water partition coefficient (Wildman–Crippen LogP) is 3.93. The molecule has 0 aliphatic heterocycles. The highest BCUT2D eigenvalue weighted by Crippen LogP contribution is 2.24. The molecule has 0 aliphatic carbocycles. The molecule has 0 saturated carbocycles. The van der Waals surface area contributed by atoms with E-state index in [1.807, 2.05) is 12.1 Å². The first-order valence-corrected chi connectivity index (χ1v) is 6.56. The Morgan fingerprint density at radius 3 is 2.82 bits per heavy atom. The summed E-state index contributed by atoms with van der Waals surface area (Å²) < 4.78 is 34.5. The van der Waals surface area contributed by atoms with Crippen LogP contribution in [0.3, 0.4) is 0 Å². The fourth-order valence-corrected chi connectivity index (χ4v) is 1.90. The minimum atomic E-state index is -2.83. The Hall–Kier alpha value is -2.48. The molecule has 0 saturated heterocycles. The van der Waals surface area contributed by atoms with Crippen molar-refractivity contribution < 1.29 is 17.7 Å². The number of rotatable bonds is 5. The van der Waals surface area contributed by atoms with E-state index in [0.717, 1.165) is 5.69 Å². The van der Waals surface area contributed by atoms with Crippen molar-refractivity contribution in [3.63, 3.8) is 0 Å². The number of aromatic nitrogens is 3. The predicted molar refractivity (Wildman–Crippen MR) is 73.5 cm³/mol. The number of halogens is 3. The summed E-state index contributed by atoms with van der Waals surface area (Å²) in [6.07, 6.45) is -2.83. The zero-order valence-electron chi connectivity index (χ0n) is 11.0. The van der Waals surface area contributed by atoms with Gasteiger partial charge in [0.15, 0.2) is 0 Å². The van der Waals surface area contributed by atoms with Gasteiger partial charge in [0, 0.05) is 16.8 Å². The van der Waals surface area contributed by atoms with Crippen molar-refractivity contribution in [3.8, 4) is 11.7 Å². The Bertz CT molecular complexity index is 775. The van der Waals surface area contributed by atoms with Crippen LogP contribution in [0.5, 0.6) is 0 Å². The molecule has 2 aromatic heterocycles. The smallest absolute Gasteiger partial charge is 0.314 e. The Morgan fingerprint density at radius 1 is 1.23 bits per heavy atom. The van der Waals surface area contributed by atoms with E-state index in [9.17, 15) is 8.78 Å². The number of hydrogen-bond acceptors (Lipinski definition) is 6. The summed E-state index contributed by atoms with van der Waals surface area (Å²) in [5.74, 6) is -0.774. The molecule has 9 heteroatoms. The van der Waals surface area contributed by atoms with E-state index >= 15 is 0 Å². The summed E-state index contributed by atoms with van der Waals surface area (Å²) in [6.45, 7) is 0.361. The molecule has 114 valence electrons. The fourth-order valence-electron chi connectivity index (χ4n) is 1.71. The quantitative estimate of drug-likeness (QED) is 0.765. The molecule has 2 heterocycles. The second-order valence-corrected chi connectivity index (χ2v) is 4.73. The summed E-state index contributed by atoms with van der Waals surface area (Å²) in [7, 11) is 0. The van der Waals surface area contributed by atoms with E-state index in [-0.39, 0.29) is 11.7 Å². The highest BCUT2D eigenvalue weighted by Gasteiger charge is 2.19. The van der Waals surface area contributed by atoms with E-state index in [1.165, 1.54) is 6.07 Å². The maximum atomic E-state index is 12.4. The van der Waals surface area contributed by atoms with Gasteiger partial charge in [-0.3, -0.25) is 0 Å². The van der Waals surface area contributed by atoms with Crippen LogP contribution in [0, 0.1) is 0 Å². The second kappa shape index (κ2) is 6.10. The molecule has 0 radical (unpaired) electrons. The first kappa shape index (κ1) is 14.5. The van der Waals surface area contributed by atoms with Gasteiger partial charge < -0.3 is 14.3 Å². The van der Waals surface area contributed by atoms with E-state index in [1.54, 1.807) is 12.1 Å². The highest BCUT2D eigenvalue weighted by molar-refractivity contribution is 6.30. The van der Waals surface area contributed by atoms with Crippen LogP contribution < -0.4 is 5.32 Å². The van der Waals surface area contributed by atoms with Crippen LogP contribution in [0.4, 0.5) is 14.5 Å². The molecule has 22 heavy (non-hydrogen) atoms. The van der Waals surface area contributed by atoms with Crippen LogP contribution >= 0.6 is 11.6 Å². The van der Waals surface area contributed by atoms with Crippen LogP contribution in [0.25, 0.3) is 11.7 Å². The molecule has 0 spiro atoms. The van der Waals surface area contributed by atoms with Crippen molar-refractivity contribution in [3.05, 3.63) is 46.9 Å². The largest absolute Gasteiger partial charge is 0.412 e. The normalized spacial score (nSPS) is 11.1.